The minimum Gasteiger partial charge on any atom is -0.465 e. The number of rotatable bonds is 3. The van der Waals surface area contributed by atoms with Crippen molar-refractivity contribution in [2.45, 2.75) is 20.4 Å². The van der Waals surface area contributed by atoms with Crippen LogP contribution in [0.1, 0.15) is 17.1 Å². The predicted molar refractivity (Wildman–Crippen MR) is 61.9 cm³/mol. The minimum atomic E-state index is -0.242. The summed E-state index contributed by atoms with van der Waals surface area (Å²) in [6.07, 6.45) is 0. The summed E-state index contributed by atoms with van der Waals surface area (Å²) in [4.78, 5) is 0. The lowest BCUT2D eigenvalue weighted by atomic mass is 10.2. The van der Waals surface area contributed by atoms with Gasteiger partial charge in [0, 0.05) is 0 Å². The van der Waals surface area contributed by atoms with Crippen LogP contribution in [-0.4, -0.2) is 0 Å². The zero-order chi connectivity index (χ0) is 11.5. The molecule has 1 aromatic carbocycles. The van der Waals surface area contributed by atoms with Crippen LogP contribution in [0.4, 0.5) is 10.1 Å². The lowest BCUT2D eigenvalue weighted by Crippen LogP contribution is -2.00. The van der Waals surface area contributed by atoms with Crippen molar-refractivity contribution in [3.8, 4) is 0 Å². The number of benzene rings is 1. The smallest absolute Gasteiger partial charge is 0.146 e. The first-order valence-electron chi connectivity index (χ1n) is 5.20. The lowest BCUT2D eigenvalue weighted by Gasteiger charge is -2.06. The van der Waals surface area contributed by atoms with E-state index in [-0.39, 0.29) is 5.82 Å². The maximum Gasteiger partial charge on any atom is 0.146 e. The molecular formula is C13H14FNO. The van der Waals surface area contributed by atoms with Gasteiger partial charge in [-0.3, -0.25) is 0 Å². The summed E-state index contributed by atoms with van der Waals surface area (Å²) in [7, 11) is 0. The number of hydrogen-bond donors (Lipinski definition) is 1. The molecule has 1 heterocycles. The first-order valence-corrected chi connectivity index (χ1v) is 5.20. The van der Waals surface area contributed by atoms with Crippen LogP contribution in [0.25, 0.3) is 0 Å². The molecule has 0 fully saturated rings. The van der Waals surface area contributed by atoms with Gasteiger partial charge in [0.05, 0.1) is 12.2 Å². The molecule has 0 aliphatic carbocycles. The highest BCUT2D eigenvalue weighted by molar-refractivity contribution is 5.47. The van der Waals surface area contributed by atoms with Crippen molar-refractivity contribution < 1.29 is 8.81 Å². The quantitative estimate of drug-likeness (QED) is 0.852. The highest BCUT2D eigenvalue weighted by Gasteiger charge is 2.03. The van der Waals surface area contributed by atoms with Gasteiger partial charge in [0.15, 0.2) is 0 Å². The molecule has 1 aromatic heterocycles. The van der Waals surface area contributed by atoms with Crippen molar-refractivity contribution in [1.29, 1.82) is 0 Å². The summed E-state index contributed by atoms with van der Waals surface area (Å²) < 4.78 is 18.8. The molecule has 0 spiro atoms. The summed E-state index contributed by atoms with van der Waals surface area (Å²) in [5, 5.41) is 3.01. The Labute approximate surface area is 94.1 Å². The molecule has 84 valence electrons. The molecule has 16 heavy (non-hydrogen) atoms. The van der Waals surface area contributed by atoms with Crippen molar-refractivity contribution in [1.82, 2.24) is 0 Å². The van der Waals surface area contributed by atoms with E-state index < -0.39 is 0 Å². The van der Waals surface area contributed by atoms with E-state index in [0.717, 1.165) is 17.1 Å². The molecule has 1 N–H and O–H groups in total. The SMILES string of the molecule is Cc1ccc(F)c(NCc2ccc(C)o2)c1. The summed E-state index contributed by atoms with van der Waals surface area (Å²) in [5.41, 5.74) is 1.54. The van der Waals surface area contributed by atoms with Gasteiger partial charge < -0.3 is 9.73 Å². The Balaban J connectivity index is 2.07. The molecule has 0 saturated heterocycles. The normalized spacial score (nSPS) is 10.4. The Morgan fingerprint density at radius 2 is 2.00 bits per heavy atom. The third-order valence-electron chi connectivity index (χ3n) is 2.37. The first-order chi connectivity index (χ1) is 7.65. The van der Waals surface area contributed by atoms with E-state index in [4.69, 9.17) is 4.42 Å². The van der Waals surface area contributed by atoms with Gasteiger partial charge in [0.2, 0.25) is 0 Å². The zero-order valence-electron chi connectivity index (χ0n) is 9.38. The number of anilines is 1. The van der Waals surface area contributed by atoms with Gasteiger partial charge in [-0.05, 0) is 43.7 Å². The average molecular weight is 219 g/mol. The van der Waals surface area contributed by atoms with E-state index in [0.29, 0.717) is 12.2 Å². The third kappa shape index (κ3) is 2.42. The third-order valence-corrected chi connectivity index (χ3v) is 2.37. The van der Waals surface area contributed by atoms with Gasteiger partial charge in [-0.15, -0.1) is 0 Å². The standard InChI is InChI=1S/C13H14FNO/c1-9-3-6-12(14)13(7-9)15-8-11-5-4-10(2)16-11/h3-7,15H,8H2,1-2H3. The Morgan fingerprint density at radius 3 is 2.69 bits per heavy atom. The van der Waals surface area contributed by atoms with Gasteiger partial charge in [-0.1, -0.05) is 6.07 Å². The molecule has 0 saturated carbocycles. The van der Waals surface area contributed by atoms with Gasteiger partial charge in [-0.25, -0.2) is 4.39 Å². The van der Waals surface area contributed by atoms with Crippen molar-refractivity contribution in [3.63, 3.8) is 0 Å². The van der Waals surface area contributed by atoms with Crippen LogP contribution in [0, 0.1) is 19.7 Å². The zero-order valence-corrected chi connectivity index (χ0v) is 9.38. The second-order valence-corrected chi connectivity index (χ2v) is 3.85. The van der Waals surface area contributed by atoms with Crippen LogP contribution >= 0.6 is 0 Å². The lowest BCUT2D eigenvalue weighted by molar-refractivity contribution is 0.490. The summed E-state index contributed by atoms with van der Waals surface area (Å²) in [6, 6.07) is 8.77. The maximum absolute atomic E-state index is 13.4. The molecule has 2 nitrogen and oxygen atoms in total. The molecule has 2 rings (SSSR count). The Bertz CT molecular complexity index is 490. The molecule has 0 atom stereocenters. The Morgan fingerprint density at radius 1 is 1.19 bits per heavy atom. The molecule has 0 aliphatic heterocycles. The van der Waals surface area contributed by atoms with E-state index in [1.807, 2.05) is 26.0 Å². The second-order valence-electron chi connectivity index (χ2n) is 3.85. The molecule has 0 amide bonds. The molecule has 0 radical (unpaired) electrons. The van der Waals surface area contributed by atoms with Crippen molar-refractivity contribution in [3.05, 3.63) is 53.2 Å². The van der Waals surface area contributed by atoms with Crippen LogP contribution in [0.5, 0.6) is 0 Å². The number of nitrogens with one attached hydrogen (secondary N) is 1. The van der Waals surface area contributed by atoms with E-state index in [1.165, 1.54) is 6.07 Å². The molecule has 3 heteroatoms. The van der Waals surface area contributed by atoms with Crippen molar-refractivity contribution in [2.24, 2.45) is 0 Å². The fourth-order valence-electron chi connectivity index (χ4n) is 1.54. The van der Waals surface area contributed by atoms with E-state index >= 15 is 0 Å². The van der Waals surface area contributed by atoms with Gasteiger partial charge in [0.25, 0.3) is 0 Å². The second kappa shape index (κ2) is 4.39. The summed E-state index contributed by atoms with van der Waals surface area (Å²) in [6.45, 7) is 4.31. The van der Waals surface area contributed by atoms with Gasteiger partial charge >= 0.3 is 0 Å². The molecule has 0 unspecified atom stereocenters. The first kappa shape index (κ1) is 10.7. The van der Waals surface area contributed by atoms with Crippen molar-refractivity contribution >= 4 is 5.69 Å². The number of hydrogen-bond acceptors (Lipinski definition) is 2. The number of furan rings is 1. The monoisotopic (exact) mass is 219 g/mol. The van der Waals surface area contributed by atoms with Crippen LogP contribution in [0.15, 0.2) is 34.7 Å². The van der Waals surface area contributed by atoms with Gasteiger partial charge in [-0.2, -0.15) is 0 Å². The summed E-state index contributed by atoms with van der Waals surface area (Å²) in [5.74, 6) is 1.42. The van der Waals surface area contributed by atoms with Crippen LogP contribution < -0.4 is 5.32 Å². The maximum atomic E-state index is 13.4. The fourth-order valence-corrected chi connectivity index (χ4v) is 1.54. The highest BCUT2D eigenvalue weighted by Crippen LogP contribution is 2.17. The molecular weight excluding hydrogens is 205 g/mol. The fraction of sp³-hybridized carbons (Fsp3) is 0.231. The molecule has 0 bridgehead atoms. The van der Waals surface area contributed by atoms with Crippen molar-refractivity contribution in [2.75, 3.05) is 5.32 Å². The van der Waals surface area contributed by atoms with E-state index in [1.54, 1.807) is 12.1 Å². The number of halogens is 1. The minimum absolute atomic E-state index is 0.242. The van der Waals surface area contributed by atoms with Crippen LogP contribution in [-0.2, 0) is 6.54 Å². The predicted octanol–water partition coefficient (Wildman–Crippen LogP) is 3.65. The molecule has 2 aromatic rings. The van der Waals surface area contributed by atoms with Crippen LogP contribution in [0.3, 0.4) is 0 Å². The topological polar surface area (TPSA) is 25.2 Å². The van der Waals surface area contributed by atoms with E-state index in [9.17, 15) is 4.39 Å². The Kier molecular flexibility index (Phi) is 2.95. The largest absolute Gasteiger partial charge is 0.465 e. The molecule has 0 aliphatic rings. The average Bonchev–Trinajstić information content (AvgIpc) is 2.66. The van der Waals surface area contributed by atoms with E-state index in [2.05, 4.69) is 5.32 Å². The summed E-state index contributed by atoms with van der Waals surface area (Å²) >= 11 is 0. The highest BCUT2D eigenvalue weighted by atomic mass is 19.1. The number of aryl methyl sites for hydroxylation is 2. The van der Waals surface area contributed by atoms with Gasteiger partial charge in [0.1, 0.15) is 17.3 Å². The Hall–Kier alpha value is -1.77. The van der Waals surface area contributed by atoms with Crippen LogP contribution in [0.2, 0.25) is 0 Å².